The lowest BCUT2D eigenvalue weighted by atomic mass is 10.4. The van der Waals surface area contributed by atoms with Crippen LogP contribution in [0.2, 0.25) is 0 Å². The molecule has 1 aromatic rings. The number of primary amides is 1. The predicted molar refractivity (Wildman–Crippen MR) is 42.4 cm³/mol. The van der Waals surface area contributed by atoms with Crippen LogP contribution in [0.4, 0.5) is 4.79 Å². The van der Waals surface area contributed by atoms with E-state index in [0.717, 1.165) is 13.0 Å². The fourth-order valence-corrected chi connectivity index (χ4v) is 0.839. The zero-order valence-corrected chi connectivity index (χ0v) is 6.64. The number of nitrogens with zero attached hydrogens (tertiary/aromatic N) is 2. The molecular weight excluding hydrogens is 158 g/mol. The lowest BCUT2D eigenvalue weighted by Gasteiger charge is -2.01. The molecule has 0 radical (unpaired) electrons. The van der Waals surface area contributed by atoms with Crippen LogP contribution >= 0.6 is 0 Å². The van der Waals surface area contributed by atoms with Gasteiger partial charge in [-0.25, -0.2) is 9.78 Å². The summed E-state index contributed by atoms with van der Waals surface area (Å²) in [5.41, 5.74) is 4.77. The van der Waals surface area contributed by atoms with E-state index in [-0.39, 0.29) is 0 Å². The number of carbonyl (C=O) groups excluding carboxylic acids is 1. The average Bonchev–Trinajstić information content (AvgIpc) is 2.49. The van der Waals surface area contributed by atoms with Gasteiger partial charge in [0, 0.05) is 18.9 Å². The molecule has 1 amide bonds. The first-order valence-electron chi connectivity index (χ1n) is 3.67. The van der Waals surface area contributed by atoms with Crippen LogP contribution in [0.5, 0.6) is 0 Å². The highest BCUT2D eigenvalue weighted by atomic mass is 16.5. The van der Waals surface area contributed by atoms with E-state index in [0.29, 0.717) is 6.61 Å². The molecule has 1 aromatic heterocycles. The molecule has 0 aliphatic rings. The van der Waals surface area contributed by atoms with E-state index in [4.69, 9.17) is 5.73 Å². The van der Waals surface area contributed by atoms with E-state index < -0.39 is 6.09 Å². The average molecular weight is 169 g/mol. The molecule has 5 nitrogen and oxygen atoms in total. The zero-order valence-electron chi connectivity index (χ0n) is 6.64. The van der Waals surface area contributed by atoms with Crippen molar-refractivity contribution in [1.82, 2.24) is 9.55 Å². The third-order valence-corrected chi connectivity index (χ3v) is 1.36. The first-order valence-corrected chi connectivity index (χ1v) is 3.67. The number of aromatic nitrogens is 2. The number of hydrogen-bond acceptors (Lipinski definition) is 3. The number of carbonyl (C=O) groups is 1. The summed E-state index contributed by atoms with van der Waals surface area (Å²) < 4.78 is 6.45. The minimum absolute atomic E-state index is 0.355. The number of nitrogens with two attached hydrogens (primary N) is 1. The van der Waals surface area contributed by atoms with Crippen molar-refractivity contribution < 1.29 is 9.53 Å². The highest BCUT2D eigenvalue weighted by molar-refractivity contribution is 5.64. The maximum atomic E-state index is 10.1. The predicted octanol–water partition coefficient (Wildman–Crippen LogP) is 0.368. The van der Waals surface area contributed by atoms with Crippen LogP contribution in [0.15, 0.2) is 18.7 Å². The molecule has 5 heteroatoms. The van der Waals surface area contributed by atoms with Gasteiger partial charge >= 0.3 is 6.09 Å². The second-order valence-corrected chi connectivity index (χ2v) is 2.32. The summed E-state index contributed by atoms with van der Waals surface area (Å²) >= 11 is 0. The van der Waals surface area contributed by atoms with Crippen LogP contribution in [0.25, 0.3) is 0 Å². The van der Waals surface area contributed by atoms with Gasteiger partial charge in [-0.1, -0.05) is 0 Å². The highest BCUT2D eigenvalue weighted by Crippen LogP contribution is 1.90. The molecule has 0 unspecified atom stereocenters. The van der Waals surface area contributed by atoms with Crippen molar-refractivity contribution in [2.75, 3.05) is 6.61 Å². The fourth-order valence-electron chi connectivity index (χ4n) is 0.839. The molecule has 0 spiro atoms. The topological polar surface area (TPSA) is 70.1 Å². The summed E-state index contributed by atoms with van der Waals surface area (Å²) in [5.74, 6) is 0. The molecule has 12 heavy (non-hydrogen) atoms. The molecule has 66 valence electrons. The Labute approximate surface area is 70.1 Å². The Morgan fingerprint density at radius 3 is 3.08 bits per heavy atom. The number of hydrogen-bond donors (Lipinski definition) is 1. The SMILES string of the molecule is NC(=O)OCCCn1ccnc1. The van der Waals surface area contributed by atoms with Gasteiger partial charge in [-0.2, -0.15) is 0 Å². The maximum Gasteiger partial charge on any atom is 0.404 e. The zero-order chi connectivity index (χ0) is 8.81. The van der Waals surface area contributed by atoms with Gasteiger partial charge in [0.25, 0.3) is 0 Å². The van der Waals surface area contributed by atoms with Crippen molar-refractivity contribution in [2.45, 2.75) is 13.0 Å². The van der Waals surface area contributed by atoms with Crippen LogP contribution in [0, 0.1) is 0 Å². The largest absolute Gasteiger partial charge is 0.450 e. The molecule has 0 saturated carbocycles. The molecule has 0 aliphatic heterocycles. The van der Waals surface area contributed by atoms with Gasteiger partial charge in [-0.05, 0) is 6.42 Å². The first-order chi connectivity index (χ1) is 5.79. The number of aryl methyl sites for hydroxylation is 1. The van der Waals surface area contributed by atoms with Crippen molar-refractivity contribution in [3.8, 4) is 0 Å². The van der Waals surface area contributed by atoms with Crippen LogP contribution in [-0.4, -0.2) is 22.3 Å². The highest BCUT2D eigenvalue weighted by Gasteiger charge is 1.93. The fraction of sp³-hybridized carbons (Fsp3) is 0.429. The monoisotopic (exact) mass is 169 g/mol. The molecule has 0 aromatic carbocycles. The Hall–Kier alpha value is -1.52. The van der Waals surface area contributed by atoms with Gasteiger partial charge < -0.3 is 15.0 Å². The van der Waals surface area contributed by atoms with E-state index >= 15 is 0 Å². The number of amides is 1. The minimum atomic E-state index is -0.722. The first kappa shape index (κ1) is 8.58. The molecule has 2 N–H and O–H groups in total. The van der Waals surface area contributed by atoms with Crippen LogP contribution in [0.1, 0.15) is 6.42 Å². The van der Waals surface area contributed by atoms with Crippen LogP contribution < -0.4 is 5.73 Å². The minimum Gasteiger partial charge on any atom is -0.450 e. The second kappa shape index (κ2) is 4.38. The molecule has 0 saturated heterocycles. The molecule has 0 bridgehead atoms. The van der Waals surface area contributed by atoms with Crippen LogP contribution in [-0.2, 0) is 11.3 Å². The third-order valence-electron chi connectivity index (χ3n) is 1.36. The molecule has 1 heterocycles. The summed E-state index contributed by atoms with van der Waals surface area (Å²) in [7, 11) is 0. The molecule has 0 fully saturated rings. The van der Waals surface area contributed by atoms with Crippen molar-refractivity contribution in [2.24, 2.45) is 5.73 Å². The van der Waals surface area contributed by atoms with E-state index in [1.807, 2.05) is 10.8 Å². The Morgan fingerprint density at radius 2 is 2.50 bits per heavy atom. The summed E-state index contributed by atoms with van der Waals surface area (Å²) in [6.45, 7) is 1.14. The molecule has 1 rings (SSSR count). The van der Waals surface area contributed by atoms with Gasteiger partial charge in [0.05, 0.1) is 12.9 Å². The number of rotatable bonds is 4. The van der Waals surface area contributed by atoms with Gasteiger partial charge in [-0.3, -0.25) is 0 Å². The summed E-state index contributed by atoms with van der Waals surface area (Å²) in [4.78, 5) is 14.0. The Morgan fingerprint density at radius 1 is 1.67 bits per heavy atom. The third kappa shape index (κ3) is 3.05. The number of ether oxygens (including phenoxy) is 1. The van der Waals surface area contributed by atoms with Gasteiger partial charge in [0.2, 0.25) is 0 Å². The van der Waals surface area contributed by atoms with Gasteiger partial charge in [-0.15, -0.1) is 0 Å². The smallest absolute Gasteiger partial charge is 0.404 e. The van der Waals surface area contributed by atoms with Crippen molar-refractivity contribution in [3.63, 3.8) is 0 Å². The normalized spacial score (nSPS) is 9.67. The van der Waals surface area contributed by atoms with Crippen molar-refractivity contribution >= 4 is 6.09 Å². The second-order valence-electron chi connectivity index (χ2n) is 2.32. The van der Waals surface area contributed by atoms with E-state index in [1.54, 1.807) is 12.5 Å². The Balaban J connectivity index is 2.07. The summed E-state index contributed by atoms with van der Waals surface area (Å²) in [6, 6.07) is 0. The Bertz CT molecular complexity index is 233. The summed E-state index contributed by atoms with van der Waals surface area (Å²) in [6.07, 6.45) is 5.30. The summed E-state index contributed by atoms with van der Waals surface area (Å²) in [5, 5.41) is 0. The van der Waals surface area contributed by atoms with Gasteiger partial charge in [0.1, 0.15) is 0 Å². The molecular formula is C7H11N3O2. The molecule has 0 atom stereocenters. The number of imidazole rings is 1. The van der Waals surface area contributed by atoms with E-state index in [9.17, 15) is 4.79 Å². The van der Waals surface area contributed by atoms with Crippen molar-refractivity contribution in [3.05, 3.63) is 18.7 Å². The standard InChI is InChI=1S/C7H11N3O2/c8-7(11)12-5-1-3-10-4-2-9-6-10/h2,4,6H,1,3,5H2,(H2,8,11). The lowest BCUT2D eigenvalue weighted by molar-refractivity contribution is 0.153. The lowest BCUT2D eigenvalue weighted by Crippen LogP contribution is -2.14. The van der Waals surface area contributed by atoms with Crippen molar-refractivity contribution in [1.29, 1.82) is 0 Å². The van der Waals surface area contributed by atoms with Crippen LogP contribution in [0.3, 0.4) is 0 Å². The maximum absolute atomic E-state index is 10.1. The Kier molecular flexibility index (Phi) is 3.13. The van der Waals surface area contributed by atoms with E-state index in [1.165, 1.54) is 0 Å². The van der Waals surface area contributed by atoms with Gasteiger partial charge in [0.15, 0.2) is 0 Å². The quantitative estimate of drug-likeness (QED) is 0.662. The van der Waals surface area contributed by atoms with E-state index in [2.05, 4.69) is 9.72 Å². The molecule has 0 aliphatic carbocycles.